The molecule has 0 radical (unpaired) electrons. The Morgan fingerprint density at radius 3 is 2.44 bits per heavy atom. The van der Waals surface area contributed by atoms with E-state index in [1.165, 1.54) is 12.1 Å². The lowest BCUT2D eigenvalue weighted by atomic mass is 9.87. The van der Waals surface area contributed by atoms with Crippen molar-refractivity contribution in [2.45, 2.75) is 52.6 Å². The first kappa shape index (κ1) is 23.8. The molecule has 172 valence electrons. The number of nitrogens with zero attached hydrogens (tertiary/aromatic N) is 2. The van der Waals surface area contributed by atoms with Crippen LogP contribution in [0.5, 0.6) is 5.75 Å². The molecule has 1 atom stereocenters. The maximum absolute atomic E-state index is 13.6. The second-order valence-electron chi connectivity index (χ2n) is 9.14. The van der Waals surface area contributed by atoms with E-state index in [2.05, 4.69) is 0 Å². The molecular formula is C26H33FN2O3. The highest BCUT2D eigenvalue weighted by Crippen LogP contribution is 2.38. The number of fused-ring (bicyclic) bond motifs is 1. The maximum Gasteiger partial charge on any atom is 0.260 e. The van der Waals surface area contributed by atoms with Gasteiger partial charge in [-0.15, -0.1) is 0 Å². The molecule has 0 saturated heterocycles. The zero-order valence-electron chi connectivity index (χ0n) is 19.6. The van der Waals surface area contributed by atoms with Gasteiger partial charge in [0.15, 0.2) is 6.61 Å². The van der Waals surface area contributed by atoms with Gasteiger partial charge in [-0.05, 0) is 67.1 Å². The minimum atomic E-state index is -0.316. The number of halogens is 1. The number of rotatable bonds is 7. The molecule has 1 heterocycles. The van der Waals surface area contributed by atoms with Crippen LogP contribution in [0.25, 0.3) is 0 Å². The van der Waals surface area contributed by atoms with Gasteiger partial charge in [0.1, 0.15) is 11.6 Å². The Labute approximate surface area is 190 Å². The van der Waals surface area contributed by atoms with Gasteiger partial charge in [-0.1, -0.05) is 32.0 Å². The van der Waals surface area contributed by atoms with E-state index in [-0.39, 0.29) is 42.2 Å². The number of hydrogen-bond acceptors (Lipinski definition) is 3. The van der Waals surface area contributed by atoms with Crippen molar-refractivity contribution >= 4 is 11.8 Å². The molecule has 2 amide bonds. The van der Waals surface area contributed by atoms with Crippen molar-refractivity contribution in [3.63, 3.8) is 0 Å². The van der Waals surface area contributed by atoms with Gasteiger partial charge in [0, 0.05) is 26.1 Å². The maximum atomic E-state index is 13.6. The number of carbonyl (C=O) groups is 2. The van der Waals surface area contributed by atoms with Crippen LogP contribution in [0.1, 0.15) is 56.8 Å². The largest absolute Gasteiger partial charge is 0.484 e. The van der Waals surface area contributed by atoms with Crippen LogP contribution in [-0.4, -0.2) is 47.9 Å². The number of hydrogen-bond donors (Lipinski definition) is 0. The molecule has 0 aromatic heterocycles. The lowest BCUT2D eigenvalue weighted by Gasteiger charge is -2.38. The van der Waals surface area contributed by atoms with E-state index >= 15 is 0 Å². The molecular weight excluding hydrogens is 407 g/mol. The van der Waals surface area contributed by atoms with E-state index in [1.54, 1.807) is 24.1 Å². The summed E-state index contributed by atoms with van der Waals surface area (Å²) in [5.41, 5.74) is 2.95. The van der Waals surface area contributed by atoms with Crippen LogP contribution in [0.15, 0.2) is 42.5 Å². The molecule has 0 fully saturated rings. The Balaban J connectivity index is 1.92. The summed E-state index contributed by atoms with van der Waals surface area (Å²) in [6, 6.07) is 11.9. The molecule has 2 aromatic carbocycles. The zero-order chi connectivity index (χ0) is 23.4. The van der Waals surface area contributed by atoms with E-state index in [0.29, 0.717) is 18.7 Å². The predicted molar refractivity (Wildman–Crippen MR) is 123 cm³/mol. The van der Waals surface area contributed by atoms with Crippen molar-refractivity contribution in [2.75, 3.05) is 20.2 Å². The number of amides is 2. The summed E-state index contributed by atoms with van der Waals surface area (Å²) < 4.78 is 19.4. The molecule has 32 heavy (non-hydrogen) atoms. The number of carbonyl (C=O) groups excluding carboxylic acids is 2. The van der Waals surface area contributed by atoms with Crippen LogP contribution in [0.3, 0.4) is 0 Å². The summed E-state index contributed by atoms with van der Waals surface area (Å²) in [5.74, 6) is 0.507. The average molecular weight is 441 g/mol. The third-order valence-electron chi connectivity index (χ3n) is 5.96. The molecule has 0 N–H and O–H groups in total. The van der Waals surface area contributed by atoms with Crippen molar-refractivity contribution in [1.82, 2.24) is 9.80 Å². The molecule has 0 bridgehead atoms. The highest BCUT2D eigenvalue weighted by molar-refractivity contribution is 5.78. The van der Waals surface area contributed by atoms with Gasteiger partial charge >= 0.3 is 0 Å². The van der Waals surface area contributed by atoms with Gasteiger partial charge < -0.3 is 14.5 Å². The molecule has 0 aliphatic carbocycles. The Kier molecular flexibility index (Phi) is 7.54. The van der Waals surface area contributed by atoms with Crippen LogP contribution in [0, 0.1) is 11.7 Å². The summed E-state index contributed by atoms with van der Waals surface area (Å²) in [6.45, 7) is 8.52. The van der Waals surface area contributed by atoms with Crippen LogP contribution < -0.4 is 4.74 Å². The summed E-state index contributed by atoms with van der Waals surface area (Å²) in [4.78, 5) is 28.9. The molecule has 1 aliphatic rings. The van der Waals surface area contributed by atoms with Crippen LogP contribution in [0.2, 0.25) is 0 Å². The number of ether oxygens (including phenoxy) is 1. The lowest BCUT2D eigenvalue weighted by Crippen LogP contribution is -2.41. The number of likely N-dealkylation sites (N-methyl/N-ethyl adjacent to an activating group) is 1. The zero-order valence-corrected chi connectivity index (χ0v) is 19.6. The smallest absolute Gasteiger partial charge is 0.260 e. The molecule has 6 heteroatoms. The van der Waals surface area contributed by atoms with Crippen molar-refractivity contribution < 1.29 is 18.7 Å². The van der Waals surface area contributed by atoms with Crippen molar-refractivity contribution in [1.29, 1.82) is 0 Å². The Morgan fingerprint density at radius 2 is 1.81 bits per heavy atom. The molecule has 0 spiro atoms. The standard InChI is InChI=1S/C26H33FN2O3/c1-17(2)14-24(30)29-13-12-19-8-11-22(32-16-25(31)28(5)18(3)4)15-23(19)26(29)20-6-9-21(27)10-7-20/h6-11,15,17-18,26H,12-14,16H2,1-5H3/t26-/m1/s1. The fourth-order valence-corrected chi connectivity index (χ4v) is 3.96. The van der Waals surface area contributed by atoms with Gasteiger partial charge in [-0.3, -0.25) is 9.59 Å². The molecule has 3 rings (SSSR count). The van der Waals surface area contributed by atoms with E-state index in [9.17, 15) is 14.0 Å². The van der Waals surface area contributed by atoms with E-state index in [0.717, 1.165) is 23.1 Å². The third kappa shape index (κ3) is 5.47. The quantitative estimate of drug-likeness (QED) is 0.633. The minimum Gasteiger partial charge on any atom is -0.484 e. The second-order valence-corrected chi connectivity index (χ2v) is 9.14. The molecule has 1 aliphatic heterocycles. The van der Waals surface area contributed by atoms with Gasteiger partial charge in [0.05, 0.1) is 6.04 Å². The second kappa shape index (κ2) is 10.2. The Bertz CT molecular complexity index is 956. The van der Waals surface area contributed by atoms with Crippen molar-refractivity contribution in [2.24, 2.45) is 5.92 Å². The fraction of sp³-hybridized carbons (Fsp3) is 0.462. The Morgan fingerprint density at radius 1 is 1.12 bits per heavy atom. The van der Waals surface area contributed by atoms with Crippen molar-refractivity contribution in [3.8, 4) is 5.75 Å². The SMILES string of the molecule is CC(C)CC(=O)N1CCc2ccc(OCC(=O)N(C)C(C)C)cc2[C@H]1c1ccc(F)cc1. The van der Waals surface area contributed by atoms with Gasteiger partial charge in [-0.2, -0.15) is 0 Å². The third-order valence-corrected chi connectivity index (χ3v) is 5.96. The summed E-state index contributed by atoms with van der Waals surface area (Å²) in [5, 5.41) is 0. The van der Waals surface area contributed by atoms with Crippen LogP contribution >= 0.6 is 0 Å². The molecule has 5 nitrogen and oxygen atoms in total. The van der Waals surface area contributed by atoms with E-state index in [1.807, 2.05) is 50.8 Å². The monoisotopic (exact) mass is 440 g/mol. The van der Waals surface area contributed by atoms with E-state index < -0.39 is 0 Å². The minimum absolute atomic E-state index is 0.0509. The van der Waals surface area contributed by atoms with Gasteiger partial charge in [0.25, 0.3) is 5.91 Å². The Hall–Kier alpha value is -2.89. The normalized spacial score (nSPS) is 15.6. The lowest BCUT2D eigenvalue weighted by molar-refractivity contribution is -0.134. The number of benzene rings is 2. The van der Waals surface area contributed by atoms with Gasteiger partial charge in [-0.25, -0.2) is 4.39 Å². The average Bonchev–Trinajstić information content (AvgIpc) is 2.76. The van der Waals surface area contributed by atoms with E-state index in [4.69, 9.17) is 4.74 Å². The van der Waals surface area contributed by atoms with Gasteiger partial charge in [0.2, 0.25) is 5.91 Å². The predicted octanol–water partition coefficient (Wildman–Crippen LogP) is 4.59. The highest BCUT2D eigenvalue weighted by Gasteiger charge is 2.32. The fourth-order valence-electron chi connectivity index (χ4n) is 3.96. The topological polar surface area (TPSA) is 49.9 Å². The molecule has 2 aromatic rings. The summed E-state index contributed by atoms with van der Waals surface area (Å²) in [7, 11) is 1.76. The van der Waals surface area contributed by atoms with Crippen LogP contribution in [0.4, 0.5) is 4.39 Å². The highest BCUT2D eigenvalue weighted by atomic mass is 19.1. The molecule has 0 unspecified atom stereocenters. The first-order chi connectivity index (χ1) is 15.2. The summed E-state index contributed by atoms with van der Waals surface area (Å²) in [6.07, 6.45) is 1.20. The van der Waals surface area contributed by atoms with Crippen molar-refractivity contribution in [3.05, 3.63) is 65.0 Å². The van der Waals surface area contributed by atoms with Crippen LogP contribution in [-0.2, 0) is 16.0 Å². The molecule has 0 saturated carbocycles. The summed E-state index contributed by atoms with van der Waals surface area (Å²) >= 11 is 0. The first-order valence-electron chi connectivity index (χ1n) is 11.2. The first-order valence-corrected chi connectivity index (χ1v) is 11.2.